The lowest BCUT2D eigenvalue weighted by molar-refractivity contribution is -0.179. The number of halogens is 2. The van der Waals surface area contributed by atoms with Crippen molar-refractivity contribution in [1.29, 1.82) is 5.26 Å². The maximum absolute atomic E-state index is 14.4. The van der Waals surface area contributed by atoms with E-state index in [1.165, 1.54) is 18.2 Å². The molecule has 2 aromatic rings. The Hall–Kier alpha value is -2.92. The van der Waals surface area contributed by atoms with E-state index in [0.29, 0.717) is 31.6 Å². The Kier molecular flexibility index (Phi) is 5.02. The van der Waals surface area contributed by atoms with E-state index >= 15 is 0 Å². The third-order valence-electron chi connectivity index (χ3n) is 7.86. The van der Waals surface area contributed by atoms with Crippen LogP contribution in [0.3, 0.4) is 0 Å². The van der Waals surface area contributed by atoms with E-state index in [0.717, 1.165) is 12.0 Å². The first kappa shape index (κ1) is 21.9. The summed E-state index contributed by atoms with van der Waals surface area (Å²) in [4.78, 5) is 14.8. The number of nitriles is 1. The monoisotopic (exact) mass is 452 g/mol. The normalized spacial score (nSPS) is 25.9. The molecule has 3 atom stereocenters. The van der Waals surface area contributed by atoms with Gasteiger partial charge in [-0.2, -0.15) is 10.4 Å². The molecule has 2 aliphatic carbocycles. The highest BCUT2D eigenvalue weighted by molar-refractivity contribution is 5.82. The average molecular weight is 453 g/mol. The minimum Gasteiger partial charge on any atom is -0.355 e. The van der Waals surface area contributed by atoms with Gasteiger partial charge in [0.2, 0.25) is 0 Å². The fourth-order valence-electron chi connectivity index (χ4n) is 5.89. The third-order valence-corrected chi connectivity index (χ3v) is 7.86. The fraction of sp³-hybridized carbons (Fsp3) is 0.520. The number of amides is 1. The fourth-order valence-corrected chi connectivity index (χ4v) is 5.89. The lowest BCUT2D eigenvalue weighted by Crippen LogP contribution is -2.55. The van der Waals surface area contributed by atoms with E-state index in [1.807, 2.05) is 6.92 Å². The first-order valence-corrected chi connectivity index (χ1v) is 11.4. The van der Waals surface area contributed by atoms with Crippen LogP contribution in [0.4, 0.5) is 8.78 Å². The van der Waals surface area contributed by atoms with Crippen molar-refractivity contribution in [2.24, 2.45) is 11.3 Å². The van der Waals surface area contributed by atoms with E-state index in [2.05, 4.69) is 30.1 Å². The zero-order valence-corrected chi connectivity index (χ0v) is 18.9. The molecule has 33 heavy (non-hydrogen) atoms. The molecule has 2 fully saturated rings. The molecular formula is C25H26F2N4O2. The summed E-state index contributed by atoms with van der Waals surface area (Å²) in [5.41, 5.74) is 0.351. The second-order valence-corrected chi connectivity index (χ2v) is 9.85. The molecule has 0 unspecified atom stereocenters. The number of hydrogen-bond donors (Lipinski definition) is 0. The van der Waals surface area contributed by atoms with Crippen molar-refractivity contribution in [3.63, 3.8) is 0 Å². The number of hydrogen-bond acceptors (Lipinski definition) is 5. The summed E-state index contributed by atoms with van der Waals surface area (Å²) in [6.45, 7) is 6.97. The quantitative estimate of drug-likeness (QED) is 0.675. The second kappa shape index (κ2) is 7.56. The van der Waals surface area contributed by atoms with Crippen LogP contribution >= 0.6 is 0 Å². The molecule has 1 amide bonds. The minimum atomic E-state index is -0.803. The van der Waals surface area contributed by atoms with Crippen molar-refractivity contribution in [3.05, 3.63) is 47.2 Å². The molecule has 3 aliphatic rings. The molecular weight excluding hydrogens is 426 g/mol. The molecule has 0 spiro atoms. The lowest BCUT2D eigenvalue weighted by Gasteiger charge is -2.43. The first-order chi connectivity index (χ1) is 15.7. The van der Waals surface area contributed by atoms with E-state index < -0.39 is 23.3 Å². The summed E-state index contributed by atoms with van der Waals surface area (Å²) in [6.07, 6.45) is 1.37. The van der Waals surface area contributed by atoms with Gasteiger partial charge in [-0.15, -0.1) is 5.10 Å². The number of likely N-dealkylation sites (tertiary alicyclic amines) is 1. The van der Waals surface area contributed by atoms with E-state index in [9.17, 15) is 13.6 Å². The highest BCUT2D eigenvalue weighted by Crippen LogP contribution is 2.68. The zero-order valence-electron chi connectivity index (χ0n) is 18.9. The summed E-state index contributed by atoms with van der Waals surface area (Å²) in [5.74, 6) is -1.51. The molecule has 0 radical (unpaired) electrons. The molecule has 1 aromatic carbocycles. The predicted molar refractivity (Wildman–Crippen MR) is 116 cm³/mol. The van der Waals surface area contributed by atoms with Gasteiger partial charge in [0.05, 0.1) is 28.9 Å². The van der Waals surface area contributed by atoms with Crippen LogP contribution in [-0.2, 0) is 15.1 Å². The molecule has 1 saturated heterocycles. The number of carbonyl (C=O) groups is 1. The van der Waals surface area contributed by atoms with Crippen molar-refractivity contribution in [3.8, 4) is 17.3 Å². The number of nitrogens with zero attached hydrogens (tertiary/aromatic N) is 4. The van der Waals surface area contributed by atoms with Crippen LogP contribution in [0.25, 0.3) is 11.3 Å². The lowest BCUT2D eigenvalue weighted by atomic mass is 9.77. The second-order valence-electron chi connectivity index (χ2n) is 9.85. The van der Waals surface area contributed by atoms with Gasteiger partial charge in [-0.1, -0.05) is 26.8 Å². The number of ether oxygens (including phenoxy) is 1. The standard InChI is InChI=1S/C25H26F2N4O2/c1-4-20(23(32)31-12-14(11-28)13-31)33-25-9-8-16(24(25,2)3)15-10-19(29-30-22(15)25)21-17(26)6-5-7-18(21)27/h5-7,10,14,16,20H,4,8-9,12-13H2,1-3H3/t16-,20+,25-/m0/s1. The molecule has 5 rings (SSSR count). The largest absolute Gasteiger partial charge is 0.355 e. The van der Waals surface area contributed by atoms with Crippen LogP contribution in [0, 0.1) is 34.3 Å². The highest BCUT2D eigenvalue weighted by Gasteiger charge is 2.65. The van der Waals surface area contributed by atoms with Gasteiger partial charge >= 0.3 is 0 Å². The Morgan fingerprint density at radius 3 is 2.64 bits per heavy atom. The Morgan fingerprint density at radius 2 is 2.00 bits per heavy atom. The molecule has 1 saturated carbocycles. The molecule has 1 aromatic heterocycles. The van der Waals surface area contributed by atoms with Crippen molar-refractivity contribution in [1.82, 2.24) is 15.1 Å². The van der Waals surface area contributed by atoms with Gasteiger partial charge in [-0.05, 0) is 48.9 Å². The van der Waals surface area contributed by atoms with Crippen molar-refractivity contribution < 1.29 is 18.3 Å². The minimum absolute atomic E-state index is 0.0798. The van der Waals surface area contributed by atoms with Gasteiger partial charge in [0.15, 0.2) is 0 Å². The molecule has 0 N–H and O–H groups in total. The molecule has 172 valence electrons. The molecule has 6 nitrogen and oxygen atoms in total. The smallest absolute Gasteiger partial charge is 0.251 e. The van der Waals surface area contributed by atoms with E-state index in [1.54, 1.807) is 11.0 Å². The Morgan fingerprint density at radius 1 is 1.30 bits per heavy atom. The van der Waals surface area contributed by atoms with Crippen LogP contribution in [0.1, 0.15) is 57.2 Å². The highest BCUT2D eigenvalue weighted by atomic mass is 19.1. The van der Waals surface area contributed by atoms with Gasteiger partial charge in [-0.3, -0.25) is 4.79 Å². The Bertz CT molecular complexity index is 1150. The van der Waals surface area contributed by atoms with E-state index in [-0.39, 0.29) is 34.4 Å². The number of carbonyl (C=O) groups excluding carboxylic acids is 1. The maximum Gasteiger partial charge on any atom is 0.251 e. The number of fused-ring (bicyclic) bond motifs is 5. The zero-order chi connectivity index (χ0) is 23.5. The molecule has 1 aliphatic heterocycles. The SMILES string of the molecule is CC[C@@H](O[C@@]12CC[C@@H](c3cc(-c4c(F)cccc4F)nnc31)C2(C)C)C(=O)N1CC(C#N)C1. The number of aromatic nitrogens is 2. The summed E-state index contributed by atoms with van der Waals surface area (Å²) in [6, 6.07) is 7.65. The first-order valence-electron chi connectivity index (χ1n) is 11.4. The van der Waals surface area contributed by atoms with Gasteiger partial charge in [0.25, 0.3) is 5.91 Å². The summed E-state index contributed by atoms with van der Waals surface area (Å²) in [7, 11) is 0. The summed E-state index contributed by atoms with van der Waals surface area (Å²) in [5, 5.41) is 17.7. The van der Waals surface area contributed by atoms with Gasteiger partial charge in [0, 0.05) is 18.5 Å². The van der Waals surface area contributed by atoms with E-state index in [4.69, 9.17) is 10.00 Å². The average Bonchev–Trinajstić information content (AvgIpc) is 3.11. The summed E-state index contributed by atoms with van der Waals surface area (Å²) >= 11 is 0. The van der Waals surface area contributed by atoms with Gasteiger partial charge < -0.3 is 9.64 Å². The van der Waals surface area contributed by atoms with Crippen molar-refractivity contribution >= 4 is 5.91 Å². The van der Waals surface area contributed by atoms with Gasteiger partial charge in [0.1, 0.15) is 23.3 Å². The molecule has 8 heteroatoms. The predicted octanol–water partition coefficient (Wildman–Crippen LogP) is 4.31. The molecule has 2 heterocycles. The van der Waals surface area contributed by atoms with Crippen molar-refractivity contribution in [2.75, 3.05) is 13.1 Å². The Balaban J connectivity index is 1.51. The van der Waals surface area contributed by atoms with Crippen LogP contribution in [-0.4, -0.2) is 40.2 Å². The third kappa shape index (κ3) is 3.02. The van der Waals surface area contributed by atoms with Crippen molar-refractivity contribution in [2.45, 2.75) is 57.7 Å². The number of benzene rings is 1. The topological polar surface area (TPSA) is 79.1 Å². The molecule has 2 bridgehead atoms. The Labute approximate surface area is 191 Å². The number of rotatable bonds is 5. The van der Waals surface area contributed by atoms with Gasteiger partial charge in [-0.25, -0.2) is 8.78 Å². The van der Waals surface area contributed by atoms with Crippen LogP contribution in [0.15, 0.2) is 24.3 Å². The summed E-state index contributed by atoms with van der Waals surface area (Å²) < 4.78 is 35.4. The maximum atomic E-state index is 14.4. The van der Waals surface area contributed by atoms with Crippen LogP contribution in [0.2, 0.25) is 0 Å². The van der Waals surface area contributed by atoms with Crippen LogP contribution in [0.5, 0.6) is 0 Å². The van der Waals surface area contributed by atoms with Crippen LogP contribution < -0.4 is 0 Å².